The van der Waals surface area contributed by atoms with E-state index in [1.807, 2.05) is 0 Å². The Kier molecular flexibility index (Phi) is 51.3. The van der Waals surface area contributed by atoms with Gasteiger partial charge in [0.05, 0.1) is 0 Å². The summed E-state index contributed by atoms with van der Waals surface area (Å²) in [6.45, 7) is 0. The summed E-state index contributed by atoms with van der Waals surface area (Å²) in [6, 6.07) is 0. The van der Waals surface area contributed by atoms with Crippen molar-refractivity contribution in [3.63, 3.8) is 0 Å². The monoisotopic (exact) mass is 230 g/mol. The number of hydrogen-bond acceptors (Lipinski definition) is 3. The van der Waals surface area contributed by atoms with Gasteiger partial charge in [0, 0.05) is 27.3 Å². The van der Waals surface area contributed by atoms with Gasteiger partial charge in [0.1, 0.15) is 0 Å². The van der Waals surface area contributed by atoms with Gasteiger partial charge in [0.25, 0.3) is 0 Å². The van der Waals surface area contributed by atoms with Crippen LogP contribution in [0.4, 0.5) is 0 Å². The molecule has 3 nitrogen and oxygen atoms in total. The normalized spacial score (nSPS) is 3.86. The van der Waals surface area contributed by atoms with Crippen molar-refractivity contribution in [3.8, 4) is 0 Å². The first-order valence-corrected chi connectivity index (χ1v) is 0.775. The topological polar surface area (TPSA) is 60.7 Å². The van der Waals surface area contributed by atoms with Crippen LogP contribution in [-0.4, -0.2) is 69.3 Å². The zero-order valence-corrected chi connectivity index (χ0v) is 6.66. The molecule has 7 heavy (non-hydrogen) atoms. The van der Waals surface area contributed by atoms with Crippen LogP contribution in [0.15, 0.2) is 0 Å². The molecule has 0 aliphatic carbocycles. The average Bonchev–Trinajstić information content (AvgIpc) is 0.811. The molecule has 0 aromatic rings. The molecule has 0 atom stereocenters. The summed E-state index contributed by atoms with van der Waals surface area (Å²) in [7, 11) is -2.17. The van der Waals surface area contributed by atoms with E-state index in [1.165, 1.54) is 0 Å². The van der Waals surface area contributed by atoms with Crippen molar-refractivity contribution in [1.29, 1.82) is 0 Å². The first kappa shape index (κ1) is 22.7. The van der Waals surface area contributed by atoms with Crippen LogP contribution >= 0.6 is 0 Å². The second-order valence-corrected chi connectivity index (χ2v) is 0.346. The maximum absolute atomic E-state index is 7.17. The first-order valence-electron chi connectivity index (χ1n) is 0.775. The van der Waals surface area contributed by atoms with E-state index in [2.05, 4.69) is 0 Å². The van der Waals surface area contributed by atoms with Crippen molar-refractivity contribution in [2.45, 2.75) is 0 Å². The van der Waals surface area contributed by atoms with Crippen LogP contribution < -0.4 is 0 Å². The molecule has 34 valence electrons. The van der Waals surface area contributed by atoms with Gasteiger partial charge in [-0.3, -0.25) is 0 Å². The second-order valence-electron chi connectivity index (χ2n) is 0.346. The maximum atomic E-state index is 7.17. The Balaban J connectivity index is -0.0000000150. The number of rotatable bonds is 0. The van der Waals surface area contributed by atoms with E-state index in [1.54, 1.807) is 0 Å². The molecule has 0 aromatic heterocycles. The third kappa shape index (κ3) is 59.7. The van der Waals surface area contributed by atoms with E-state index in [-0.39, 0.29) is 74.2 Å². The van der Waals surface area contributed by atoms with E-state index >= 15 is 0 Å². The SMILES string of the molecule is OB(O)O.[AlH3].[Cd].[NaH]. The average molecular weight is 228 g/mol. The van der Waals surface area contributed by atoms with Gasteiger partial charge in [0.15, 0.2) is 17.4 Å². The third-order valence-corrected chi connectivity index (χ3v) is 0. The molecular formula is H7AlBCdNaO3. The summed E-state index contributed by atoms with van der Waals surface area (Å²) in [5.74, 6) is 0. The molecule has 0 amide bonds. The fourth-order valence-corrected chi connectivity index (χ4v) is 0. The molecule has 0 saturated heterocycles. The molecule has 0 aromatic carbocycles. The fourth-order valence-electron chi connectivity index (χ4n) is 0. The van der Waals surface area contributed by atoms with Gasteiger partial charge in [-0.25, -0.2) is 0 Å². The van der Waals surface area contributed by atoms with E-state index in [9.17, 15) is 0 Å². The van der Waals surface area contributed by atoms with Gasteiger partial charge in [0.2, 0.25) is 0 Å². The molecule has 0 spiro atoms. The van der Waals surface area contributed by atoms with Gasteiger partial charge in [-0.05, 0) is 0 Å². The van der Waals surface area contributed by atoms with Crippen LogP contribution in [0.3, 0.4) is 0 Å². The Labute approximate surface area is 95.3 Å². The Hall–Kier alpha value is 2.40. The molecule has 0 fully saturated rings. The van der Waals surface area contributed by atoms with Crippen LogP contribution in [0.5, 0.6) is 0 Å². The number of hydrogen-bond donors (Lipinski definition) is 3. The molecule has 0 heterocycles. The van der Waals surface area contributed by atoms with Crippen LogP contribution in [0, 0.1) is 0 Å². The molecule has 7 heteroatoms. The van der Waals surface area contributed by atoms with Crippen molar-refractivity contribution in [2.24, 2.45) is 0 Å². The molecular weight excluding hydrogens is 221 g/mol. The van der Waals surface area contributed by atoms with Gasteiger partial charge < -0.3 is 15.1 Å². The summed E-state index contributed by atoms with van der Waals surface area (Å²) in [5.41, 5.74) is 0. The van der Waals surface area contributed by atoms with Crippen LogP contribution in [0.1, 0.15) is 0 Å². The van der Waals surface area contributed by atoms with Gasteiger partial charge in [-0.2, -0.15) is 0 Å². The zero-order chi connectivity index (χ0) is 3.58. The summed E-state index contributed by atoms with van der Waals surface area (Å²) in [6.07, 6.45) is 0. The molecule has 0 unspecified atom stereocenters. The van der Waals surface area contributed by atoms with Crippen molar-refractivity contribution in [3.05, 3.63) is 0 Å². The molecule has 0 radical (unpaired) electrons. The molecule has 0 bridgehead atoms. The van der Waals surface area contributed by atoms with Crippen molar-refractivity contribution < 1.29 is 42.4 Å². The van der Waals surface area contributed by atoms with Gasteiger partial charge in [-0.1, -0.05) is 0 Å². The summed E-state index contributed by atoms with van der Waals surface area (Å²) in [5, 5.41) is 21.5. The molecule has 0 aliphatic heterocycles. The Morgan fingerprint density at radius 1 is 1.00 bits per heavy atom. The zero-order valence-electron chi connectivity index (χ0n) is 2.63. The quantitative estimate of drug-likeness (QED) is 0.372. The first-order chi connectivity index (χ1) is 1.73. The molecule has 3 N–H and O–H groups in total. The Morgan fingerprint density at radius 2 is 1.00 bits per heavy atom. The molecule has 0 saturated carbocycles. The fraction of sp³-hybridized carbons (Fsp3) is 0. The minimum atomic E-state index is -2.17. The van der Waals surface area contributed by atoms with Gasteiger partial charge >= 0.3 is 36.9 Å². The Bertz CT molecular complexity index is 19.7. The van der Waals surface area contributed by atoms with E-state index in [4.69, 9.17) is 15.1 Å². The standard InChI is InChI=1S/Al.BH3O3.Cd.Na.4H/c;2-1(3)4;;;;;;/h;2-4H;;;;;;. The van der Waals surface area contributed by atoms with Crippen LogP contribution in [0.2, 0.25) is 0 Å². The van der Waals surface area contributed by atoms with Crippen LogP contribution in [-0.2, 0) is 27.3 Å². The molecule has 0 aliphatic rings. The van der Waals surface area contributed by atoms with Crippen LogP contribution in [0.25, 0.3) is 0 Å². The van der Waals surface area contributed by atoms with Gasteiger partial charge in [-0.15, -0.1) is 0 Å². The third-order valence-electron chi connectivity index (χ3n) is 0. The predicted octanol–water partition coefficient (Wildman–Crippen LogP) is -3.89. The molecule has 0 rings (SSSR count). The van der Waals surface area contributed by atoms with E-state index < -0.39 is 7.32 Å². The summed E-state index contributed by atoms with van der Waals surface area (Å²) < 4.78 is 0. The minimum absolute atomic E-state index is 0. The summed E-state index contributed by atoms with van der Waals surface area (Å²) in [4.78, 5) is 0. The summed E-state index contributed by atoms with van der Waals surface area (Å²) >= 11 is 0. The second kappa shape index (κ2) is 15.8. The van der Waals surface area contributed by atoms with Crippen molar-refractivity contribution >= 4 is 54.2 Å². The predicted molar refractivity (Wildman–Crippen MR) is 29.5 cm³/mol. The van der Waals surface area contributed by atoms with E-state index in [0.29, 0.717) is 0 Å². The Morgan fingerprint density at radius 3 is 1.00 bits per heavy atom. The van der Waals surface area contributed by atoms with E-state index in [0.717, 1.165) is 0 Å². The van der Waals surface area contributed by atoms with Crippen molar-refractivity contribution in [2.75, 3.05) is 0 Å². The van der Waals surface area contributed by atoms with Crippen molar-refractivity contribution in [1.82, 2.24) is 0 Å².